The smallest absolute Gasteiger partial charge is 0.143 e. The zero-order valence-electron chi connectivity index (χ0n) is 32.2. The second-order valence-corrected chi connectivity index (χ2v) is 15.6. The van der Waals surface area contributed by atoms with Crippen LogP contribution in [0.25, 0.3) is 65.7 Å². The van der Waals surface area contributed by atoms with Crippen molar-refractivity contribution >= 4 is 60.5 Å². The minimum Gasteiger partial charge on any atom is -0.455 e. The van der Waals surface area contributed by atoms with Crippen LogP contribution >= 0.6 is 0 Å². The van der Waals surface area contributed by atoms with Crippen LogP contribution in [0.5, 0.6) is 0 Å². The van der Waals surface area contributed by atoms with Crippen molar-refractivity contribution in [2.45, 2.75) is 5.41 Å². The van der Waals surface area contributed by atoms with Crippen molar-refractivity contribution in [3.63, 3.8) is 0 Å². The van der Waals surface area contributed by atoms with Gasteiger partial charge in [0.15, 0.2) is 0 Å². The largest absolute Gasteiger partial charge is 0.455 e. The zero-order valence-corrected chi connectivity index (χ0v) is 32.2. The highest BCUT2D eigenvalue weighted by atomic mass is 16.3. The maximum Gasteiger partial charge on any atom is 0.143 e. The van der Waals surface area contributed by atoms with E-state index < -0.39 is 5.41 Å². The number of benzene rings is 10. The Morgan fingerprint density at radius 2 is 1.03 bits per heavy atom. The lowest BCUT2D eigenvalue weighted by Crippen LogP contribution is -2.28. The molecule has 0 amide bonds. The van der Waals surface area contributed by atoms with Gasteiger partial charge in [-0.1, -0.05) is 176 Å². The summed E-state index contributed by atoms with van der Waals surface area (Å²) in [5.41, 5.74) is 14.3. The van der Waals surface area contributed by atoms with Gasteiger partial charge in [-0.3, -0.25) is 0 Å². The van der Waals surface area contributed by atoms with Gasteiger partial charge in [-0.2, -0.15) is 0 Å². The Balaban J connectivity index is 1.15. The SMILES string of the molecule is c1ccc(N(c2ccc3c(c2)C(c2ccccc2)(c2ccccc2)c2ccccc2-3)c2cccc3oc4c(-c5ccc6ccccc6c5)c5ccccc5cc4c23)cc1. The molecule has 1 aromatic heterocycles. The van der Waals surface area contributed by atoms with Crippen molar-refractivity contribution in [3.05, 3.63) is 247 Å². The molecule has 0 N–H and O–H groups in total. The fourth-order valence-electron chi connectivity index (χ4n) is 10.00. The summed E-state index contributed by atoms with van der Waals surface area (Å²) in [6, 6.07) is 81.7. The van der Waals surface area contributed by atoms with Crippen LogP contribution in [-0.2, 0) is 5.41 Å². The van der Waals surface area contributed by atoms with Crippen LogP contribution in [0.1, 0.15) is 22.3 Å². The minimum atomic E-state index is -0.519. The number of fused-ring (bicyclic) bond motifs is 8. The summed E-state index contributed by atoms with van der Waals surface area (Å²) in [5, 5.41) is 6.96. The van der Waals surface area contributed by atoms with Crippen molar-refractivity contribution in [2.75, 3.05) is 4.90 Å². The lowest BCUT2D eigenvalue weighted by atomic mass is 9.67. The molecule has 0 unspecified atom stereocenters. The quantitative estimate of drug-likeness (QED) is 0.168. The van der Waals surface area contributed by atoms with Gasteiger partial charge in [-0.25, -0.2) is 0 Å². The number of anilines is 3. The first-order chi connectivity index (χ1) is 29.3. The average Bonchev–Trinajstić information content (AvgIpc) is 3.83. The monoisotopic (exact) mass is 751 g/mol. The Kier molecular flexibility index (Phi) is 7.48. The highest BCUT2D eigenvalue weighted by Crippen LogP contribution is 2.57. The summed E-state index contributed by atoms with van der Waals surface area (Å²) in [4.78, 5) is 2.42. The molecule has 0 atom stereocenters. The van der Waals surface area contributed by atoms with Crippen molar-refractivity contribution in [3.8, 4) is 22.3 Å². The average molecular weight is 752 g/mol. The predicted octanol–water partition coefficient (Wildman–Crippen LogP) is 15.4. The Labute approximate surface area is 342 Å². The summed E-state index contributed by atoms with van der Waals surface area (Å²) >= 11 is 0. The lowest BCUT2D eigenvalue weighted by molar-refractivity contribution is 0.670. The predicted molar refractivity (Wildman–Crippen MR) is 246 cm³/mol. The van der Waals surface area contributed by atoms with Crippen LogP contribution in [0.2, 0.25) is 0 Å². The molecular formula is C57H37NO. The number of para-hydroxylation sites is 1. The molecule has 10 aromatic carbocycles. The van der Waals surface area contributed by atoms with Crippen LogP contribution in [0.3, 0.4) is 0 Å². The second kappa shape index (κ2) is 13.2. The van der Waals surface area contributed by atoms with E-state index in [9.17, 15) is 0 Å². The van der Waals surface area contributed by atoms with Crippen LogP contribution in [-0.4, -0.2) is 0 Å². The number of hydrogen-bond donors (Lipinski definition) is 0. The van der Waals surface area contributed by atoms with E-state index in [2.05, 4.69) is 229 Å². The van der Waals surface area contributed by atoms with E-state index in [1.165, 1.54) is 54.9 Å². The van der Waals surface area contributed by atoms with E-state index in [1.807, 2.05) is 0 Å². The lowest BCUT2D eigenvalue weighted by Gasteiger charge is -2.35. The Morgan fingerprint density at radius 3 is 1.81 bits per heavy atom. The first-order valence-corrected chi connectivity index (χ1v) is 20.3. The Bertz CT molecular complexity index is 3340. The van der Waals surface area contributed by atoms with E-state index in [0.29, 0.717) is 0 Å². The van der Waals surface area contributed by atoms with Gasteiger partial charge in [0, 0.05) is 22.3 Å². The van der Waals surface area contributed by atoms with Gasteiger partial charge in [0.2, 0.25) is 0 Å². The summed E-state index contributed by atoms with van der Waals surface area (Å²) in [6.45, 7) is 0. The molecule has 0 spiro atoms. The molecule has 0 saturated heterocycles. The van der Waals surface area contributed by atoms with Crippen LogP contribution in [0, 0.1) is 0 Å². The third kappa shape index (κ3) is 5.00. The van der Waals surface area contributed by atoms with Gasteiger partial charge in [0.1, 0.15) is 11.2 Å². The first kappa shape index (κ1) is 33.5. The molecule has 12 rings (SSSR count). The first-order valence-electron chi connectivity index (χ1n) is 20.3. The molecule has 0 aliphatic heterocycles. The number of hydrogen-bond acceptors (Lipinski definition) is 2. The molecule has 1 heterocycles. The van der Waals surface area contributed by atoms with Crippen LogP contribution in [0.15, 0.2) is 229 Å². The molecule has 0 fully saturated rings. The molecule has 0 saturated carbocycles. The van der Waals surface area contributed by atoms with Crippen LogP contribution < -0.4 is 4.90 Å². The molecule has 59 heavy (non-hydrogen) atoms. The van der Waals surface area contributed by atoms with Crippen molar-refractivity contribution in [1.82, 2.24) is 0 Å². The highest BCUT2D eigenvalue weighted by molar-refractivity contribution is 6.22. The molecule has 11 aromatic rings. The molecule has 0 radical (unpaired) electrons. The number of rotatable bonds is 6. The van der Waals surface area contributed by atoms with Gasteiger partial charge in [-0.15, -0.1) is 0 Å². The number of nitrogens with zero attached hydrogens (tertiary/aromatic N) is 1. The maximum atomic E-state index is 7.06. The zero-order chi connectivity index (χ0) is 38.9. The van der Waals surface area contributed by atoms with Gasteiger partial charge < -0.3 is 9.32 Å². The molecule has 1 aliphatic rings. The summed E-state index contributed by atoms with van der Waals surface area (Å²) in [7, 11) is 0. The van der Waals surface area contributed by atoms with E-state index in [0.717, 1.165) is 50.1 Å². The fourth-order valence-corrected chi connectivity index (χ4v) is 10.00. The Morgan fingerprint density at radius 1 is 0.390 bits per heavy atom. The summed E-state index contributed by atoms with van der Waals surface area (Å²) in [6.07, 6.45) is 0. The van der Waals surface area contributed by atoms with E-state index in [1.54, 1.807) is 0 Å². The topological polar surface area (TPSA) is 16.4 Å². The maximum absolute atomic E-state index is 7.06. The van der Waals surface area contributed by atoms with E-state index >= 15 is 0 Å². The van der Waals surface area contributed by atoms with Crippen LogP contribution in [0.4, 0.5) is 17.1 Å². The van der Waals surface area contributed by atoms with Crippen molar-refractivity contribution in [2.24, 2.45) is 0 Å². The van der Waals surface area contributed by atoms with E-state index in [-0.39, 0.29) is 0 Å². The molecule has 2 nitrogen and oxygen atoms in total. The normalized spacial score (nSPS) is 12.9. The highest BCUT2D eigenvalue weighted by Gasteiger charge is 2.46. The second-order valence-electron chi connectivity index (χ2n) is 15.6. The molecule has 1 aliphatic carbocycles. The molecule has 0 bridgehead atoms. The number of furan rings is 1. The van der Waals surface area contributed by atoms with E-state index in [4.69, 9.17) is 4.42 Å². The fraction of sp³-hybridized carbons (Fsp3) is 0.0175. The van der Waals surface area contributed by atoms with Crippen molar-refractivity contribution < 1.29 is 4.42 Å². The molecule has 276 valence electrons. The molecule has 2 heteroatoms. The third-order valence-electron chi connectivity index (χ3n) is 12.5. The third-order valence-corrected chi connectivity index (χ3v) is 12.5. The Hall–Kier alpha value is -7.68. The molecular weight excluding hydrogens is 715 g/mol. The van der Waals surface area contributed by atoms with Gasteiger partial charge >= 0.3 is 0 Å². The van der Waals surface area contributed by atoms with Gasteiger partial charge in [0.05, 0.1) is 16.5 Å². The van der Waals surface area contributed by atoms with Crippen molar-refractivity contribution in [1.29, 1.82) is 0 Å². The standard InChI is InChI=1S/C57H37NO/c1-4-20-42(21-5-1)57(43-22-6-2-7-23-43)50-28-15-14-27-47(50)48-34-33-45(37-51(48)57)58(44-24-8-3-9-25-44)52-29-16-30-53-55(52)49-36-40-19-12-13-26-46(40)54(56(49)59-53)41-32-31-38-17-10-11-18-39(38)35-41/h1-37H. The summed E-state index contributed by atoms with van der Waals surface area (Å²) < 4.78 is 7.06. The summed E-state index contributed by atoms with van der Waals surface area (Å²) in [5.74, 6) is 0. The van der Waals surface area contributed by atoms with Gasteiger partial charge in [-0.05, 0) is 109 Å². The minimum absolute atomic E-state index is 0.519. The van der Waals surface area contributed by atoms with Gasteiger partial charge in [0.25, 0.3) is 0 Å².